The number of aliphatic hydroxyl groups excluding tert-OH is 1. The van der Waals surface area contributed by atoms with E-state index in [0.29, 0.717) is 49.1 Å². The standard InChI is InChI=1S/C35H43ClN2O6/c1-3-27-32(40)37(2)16-5-4-8-30(39)26-12-9-23(26)19-38-20-34(15-6-7-22-17-25(36)11-13-28(22)34)21-44-31-14-10-24(18-29(31)38)35(27,43)33(41)42/h4,8,10-11,13-14,17-18,23,26-27,30,39,43H,3,5-7,9,12,15-16,19-21H2,1-2H3,(H,41,42)/b8-4+/t23-,26+,27+,30-,34-,35+/m0/s1. The first kappa shape index (κ1) is 30.9. The smallest absolute Gasteiger partial charge is 0.341 e. The molecule has 44 heavy (non-hydrogen) atoms. The fraction of sp³-hybridized carbons (Fsp3) is 0.543. The zero-order valence-corrected chi connectivity index (χ0v) is 26.3. The highest BCUT2D eigenvalue weighted by molar-refractivity contribution is 6.30. The predicted octanol–water partition coefficient (Wildman–Crippen LogP) is 4.92. The maximum atomic E-state index is 13.6. The molecule has 1 fully saturated rings. The molecule has 1 spiro atoms. The summed E-state index contributed by atoms with van der Waals surface area (Å²) in [6.45, 7) is 3.82. The number of fused-ring (bicyclic) bond motifs is 4. The van der Waals surface area contributed by atoms with Crippen molar-refractivity contribution in [1.29, 1.82) is 0 Å². The summed E-state index contributed by atoms with van der Waals surface area (Å²) in [7, 11) is 1.63. The Morgan fingerprint density at radius 1 is 1.18 bits per heavy atom. The van der Waals surface area contributed by atoms with Gasteiger partial charge in [0, 0.05) is 37.1 Å². The summed E-state index contributed by atoms with van der Waals surface area (Å²) in [5.74, 6) is -2.13. The van der Waals surface area contributed by atoms with Crippen LogP contribution in [-0.2, 0) is 27.0 Å². The van der Waals surface area contributed by atoms with E-state index >= 15 is 0 Å². The third-order valence-corrected chi connectivity index (χ3v) is 11.0. The Bertz CT molecular complexity index is 1460. The Morgan fingerprint density at radius 2 is 2.00 bits per heavy atom. The van der Waals surface area contributed by atoms with Crippen LogP contribution in [-0.4, -0.2) is 71.5 Å². The Morgan fingerprint density at radius 3 is 2.73 bits per heavy atom. The number of rotatable bonds is 2. The van der Waals surface area contributed by atoms with Crippen molar-refractivity contribution in [3.05, 3.63) is 70.3 Å². The lowest BCUT2D eigenvalue weighted by molar-refractivity contribution is -0.173. The second kappa shape index (κ2) is 12.0. The van der Waals surface area contributed by atoms with E-state index in [-0.39, 0.29) is 29.2 Å². The van der Waals surface area contributed by atoms with E-state index in [1.807, 2.05) is 18.2 Å². The van der Waals surface area contributed by atoms with Gasteiger partial charge in [-0.25, -0.2) is 4.79 Å². The van der Waals surface area contributed by atoms with Crippen molar-refractivity contribution in [3.63, 3.8) is 0 Å². The summed E-state index contributed by atoms with van der Waals surface area (Å²) in [4.78, 5) is 30.3. The van der Waals surface area contributed by atoms with Gasteiger partial charge in [0.15, 0.2) is 5.60 Å². The fourth-order valence-corrected chi connectivity index (χ4v) is 8.25. The molecule has 0 saturated heterocycles. The van der Waals surface area contributed by atoms with Gasteiger partial charge < -0.3 is 29.9 Å². The van der Waals surface area contributed by atoms with E-state index < -0.39 is 29.5 Å². The van der Waals surface area contributed by atoms with Crippen LogP contribution in [0.1, 0.15) is 62.1 Å². The minimum Gasteiger partial charge on any atom is -0.490 e. The molecule has 2 heterocycles. The van der Waals surface area contributed by atoms with Crippen molar-refractivity contribution >= 4 is 29.2 Å². The van der Waals surface area contributed by atoms with Crippen molar-refractivity contribution in [2.75, 3.05) is 38.2 Å². The molecule has 236 valence electrons. The van der Waals surface area contributed by atoms with Crippen LogP contribution in [0.4, 0.5) is 5.69 Å². The van der Waals surface area contributed by atoms with Crippen molar-refractivity contribution in [3.8, 4) is 5.75 Å². The molecule has 3 N–H and O–H groups in total. The Labute approximate surface area is 264 Å². The monoisotopic (exact) mass is 622 g/mol. The lowest BCUT2D eigenvalue weighted by Gasteiger charge is -2.45. The number of hydrogen-bond acceptors (Lipinski definition) is 6. The number of aliphatic hydroxyl groups is 2. The van der Waals surface area contributed by atoms with Gasteiger partial charge in [-0.05, 0) is 97.7 Å². The lowest BCUT2D eigenvalue weighted by Crippen LogP contribution is -2.51. The zero-order valence-electron chi connectivity index (χ0n) is 25.5. The number of carboxylic acid groups (broad SMARTS) is 1. The number of benzene rings is 2. The maximum Gasteiger partial charge on any atom is 0.341 e. The lowest BCUT2D eigenvalue weighted by atomic mass is 9.68. The molecule has 6 rings (SSSR count). The number of carbonyl (C=O) groups is 2. The number of ether oxygens (including phenoxy) is 1. The average molecular weight is 623 g/mol. The number of nitrogens with zero attached hydrogens (tertiary/aromatic N) is 2. The average Bonchev–Trinajstić information content (AvgIpc) is 3.13. The highest BCUT2D eigenvalue weighted by Gasteiger charge is 2.51. The van der Waals surface area contributed by atoms with Gasteiger partial charge in [0.25, 0.3) is 0 Å². The third-order valence-electron chi connectivity index (χ3n) is 10.7. The third kappa shape index (κ3) is 5.29. The van der Waals surface area contributed by atoms with Gasteiger partial charge in [0.1, 0.15) is 5.75 Å². The number of hydrogen-bond donors (Lipinski definition) is 3. The van der Waals surface area contributed by atoms with Crippen LogP contribution in [0.15, 0.2) is 48.6 Å². The van der Waals surface area contributed by atoms with E-state index in [9.17, 15) is 24.9 Å². The highest BCUT2D eigenvalue weighted by atomic mass is 35.5. The number of aryl methyl sites for hydroxylation is 1. The van der Waals surface area contributed by atoms with Crippen molar-refractivity contribution < 1.29 is 29.6 Å². The molecule has 9 heteroatoms. The molecule has 2 aromatic carbocycles. The first-order chi connectivity index (χ1) is 21.1. The zero-order chi connectivity index (χ0) is 31.2. The molecule has 8 nitrogen and oxygen atoms in total. The molecule has 0 unspecified atom stereocenters. The summed E-state index contributed by atoms with van der Waals surface area (Å²) in [5, 5.41) is 34.3. The first-order valence-corrected chi connectivity index (χ1v) is 16.3. The normalized spacial score (nSPS) is 33.0. The number of carboxylic acids is 1. The summed E-state index contributed by atoms with van der Waals surface area (Å²) in [5.41, 5.74) is 0.575. The molecule has 0 aromatic heterocycles. The first-order valence-electron chi connectivity index (χ1n) is 15.9. The van der Waals surface area contributed by atoms with E-state index in [4.69, 9.17) is 16.3 Å². The van der Waals surface area contributed by atoms with E-state index in [1.54, 1.807) is 32.2 Å². The fourth-order valence-electron chi connectivity index (χ4n) is 8.05. The number of amides is 1. The summed E-state index contributed by atoms with van der Waals surface area (Å²) >= 11 is 6.40. The van der Waals surface area contributed by atoms with Gasteiger partial charge in [0.2, 0.25) is 5.91 Å². The van der Waals surface area contributed by atoms with Crippen LogP contribution < -0.4 is 9.64 Å². The molecule has 2 aromatic rings. The highest BCUT2D eigenvalue weighted by Crippen LogP contribution is 2.48. The van der Waals surface area contributed by atoms with E-state index in [1.165, 1.54) is 16.0 Å². The molecular formula is C35H43ClN2O6. The number of anilines is 1. The number of halogens is 1. The molecule has 1 saturated carbocycles. The quantitative estimate of drug-likeness (QED) is 0.408. The topological polar surface area (TPSA) is 111 Å². The molecule has 2 aliphatic heterocycles. The van der Waals surface area contributed by atoms with Crippen LogP contribution in [0, 0.1) is 17.8 Å². The predicted molar refractivity (Wildman–Crippen MR) is 169 cm³/mol. The minimum absolute atomic E-state index is 0.100. The number of carbonyl (C=O) groups excluding carboxylic acids is 1. The van der Waals surface area contributed by atoms with Crippen LogP contribution in [0.3, 0.4) is 0 Å². The molecule has 6 atom stereocenters. The van der Waals surface area contributed by atoms with Gasteiger partial charge in [-0.3, -0.25) is 4.79 Å². The molecule has 0 radical (unpaired) electrons. The largest absolute Gasteiger partial charge is 0.490 e. The second-order valence-corrected chi connectivity index (χ2v) is 13.7. The van der Waals surface area contributed by atoms with Crippen LogP contribution >= 0.6 is 11.6 Å². The Balaban J connectivity index is 1.49. The van der Waals surface area contributed by atoms with Gasteiger partial charge in [0.05, 0.1) is 24.3 Å². The summed E-state index contributed by atoms with van der Waals surface area (Å²) in [6, 6.07) is 11.2. The van der Waals surface area contributed by atoms with Crippen LogP contribution in [0.5, 0.6) is 5.75 Å². The van der Waals surface area contributed by atoms with E-state index in [2.05, 4.69) is 17.0 Å². The Kier molecular flexibility index (Phi) is 8.46. The molecule has 1 amide bonds. The SMILES string of the molecule is CC[C@@H]1C(=O)N(C)CC/C=C/[C@H](O)[C@@H]2CC[C@H]2CN2C[C@@]3(CCCc4cc(Cl)ccc43)COc3ccc(cc32)[C@]1(O)C(=O)O. The van der Waals surface area contributed by atoms with Crippen molar-refractivity contribution in [1.82, 2.24) is 4.90 Å². The molecule has 2 bridgehead atoms. The van der Waals surface area contributed by atoms with Crippen LogP contribution in [0.25, 0.3) is 0 Å². The summed E-state index contributed by atoms with van der Waals surface area (Å²) in [6.07, 6.45) is 8.60. The summed E-state index contributed by atoms with van der Waals surface area (Å²) < 4.78 is 6.58. The maximum absolute atomic E-state index is 13.6. The van der Waals surface area contributed by atoms with Gasteiger partial charge in [-0.2, -0.15) is 0 Å². The minimum atomic E-state index is -2.43. The van der Waals surface area contributed by atoms with Gasteiger partial charge in [-0.1, -0.05) is 42.8 Å². The Hall–Kier alpha value is -3.07. The van der Waals surface area contributed by atoms with E-state index in [0.717, 1.165) is 32.1 Å². The van der Waals surface area contributed by atoms with Crippen LogP contribution in [0.2, 0.25) is 5.02 Å². The molecular weight excluding hydrogens is 580 g/mol. The second-order valence-electron chi connectivity index (χ2n) is 13.3. The van der Waals surface area contributed by atoms with Gasteiger partial charge >= 0.3 is 5.97 Å². The molecule has 2 aliphatic carbocycles. The van der Waals surface area contributed by atoms with Gasteiger partial charge in [-0.15, -0.1) is 0 Å². The van der Waals surface area contributed by atoms with Crippen molar-refractivity contribution in [2.45, 2.75) is 69.0 Å². The number of aliphatic carboxylic acids is 1. The van der Waals surface area contributed by atoms with Crippen molar-refractivity contribution in [2.24, 2.45) is 17.8 Å². The molecule has 4 aliphatic rings.